The largest absolute Gasteiger partial charge is 0.397 e. The third kappa shape index (κ3) is 31.5. The maximum absolute atomic E-state index is 12.9. The molecule has 0 aromatic heterocycles. The maximum atomic E-state index is 12.9. The summed E-state index contributed by atoms with van der Waals surface area (Å²) in [7, 11) is -83.4. The molecule has 0 bridgehead atoms. The van der Waals surface area contributed by atoms with Gasteiger partial charge in [0.1, 0.15) is 79.4 Å². The van der Waals surface area contributed by atoms with Crippen LogP contribution in [0, 0.1) is 0 Å². The van der Waals surface area contributed by atoms with Gasteiger partial charge in [-0.1, -0.05) is 0 Å². The molecule has 4 aliphatic rings. The van der Waals surface area contributed by atoms with Gasteiger partial charge < -0.3 is 38.3 Å². The molecule has 4 heterocycles. The molecule has 14 N–H and O–H groups in total. The van der Waals surface area contributed by atoms with Crippen LogP contribution in [0.3, 0.4) is 0 Å². The number of aliphatic hydroxyl groups excluding tert-OH is 1. The first-order valence-electron chi connectivity index (χ1n) is 22.7. The first-order chi connectivity index (χ1) is 43.0. The fourth-order valence-electron chi connectivity index (χ4n) is 8.18. The molecule has 0 unspecified atom stereocenters. The minimum atomic E-state index is -6.85. The fraction of sp³-hybridized carbons (Fsp3) is 1.00. The van der Waals surface area contributed by atoms with Gasteiger partial charge in [-0.2, -0.15) is 109 Å². The summed E-state index contributed by atoms with van der Waals surface area (Å²) in [5.74, 6) is 0. The Kier molecular flexibility index (Phi) is 28.6. The van der Waals surface area contributed by atoms with E-state index in [-0.39, 0.29) is 0 Å². The van der Waals surface area contributed by atoms with Gasteiger partial charge in [-0.25, -0.2) is 54.4 Å². The number of aliphatic hydroxyl groups is 1. The predicted molar refractivity (Wildman–Crippen MR) is 269 cm³/mol. The second kappa shape index (κ2) is 31.8. The third-order valence-corrected chi connectivity index (χ3v) is 16.8. The van der Waals surface area contributed by atoms with Crippen LogP contribution in [-0.2, 0) is 223 Å². The van der Waals surface area contributed by atoms with E-state index in [2.05, 4.69) is 54.4 Å². The first-order valence-corrected chi connectivity index (χ1v) is 40.4. The van der Waals surface area contributed by atoms with E-state index >= 15 is 0 Å². The molecule has 73 heteroatoms. The molecular formula is C24H42O60S13. The van der Waals surface area contributed by atoms with Crippen molar-refractivity contribution >= 4 is 135 Å². The smallest absolute Gasteiger partial charge is 0.366 e. The average Bonchev–Trinajstić information content (AvgIpc) is 0.758. The van der Waals surface area contributed by atoms with Crippen molar-refractivity contribution in [3.63, 3.8) is 0 Å². The van der Waals surface area contributed by atoms with Gasteiger partial charge in [0.05, 0.1) is 26.4 Å². The van der Waals surface area contributed by atoms with Crippen LogP contribution in [-0.4, -0.2) is 323 Å². The van der Waals surface area contributed by atoms with Crippen molar-refractivity contribution in [1.29, 1.82) is 0 Å². The number of ether oxygens (including phenoxy) is 7. The molecular weight excluding hydrogens is 1670 g/mol. The Morgan fingerprint density at radius 3 is 0.588 bits per heavy atom. The van der Waals surface area contributed by atoms with E-state index < -0.39 is 284 Å². The Hall–Kier alpha value is -2.01. The van der Waals surface area contributed by atoms with Gasteiger partial charge in [-0.05, 0) is 0 Å². The van der Waals surface area contributed by atoms with Gasteiger partial charge >= 0.3 is 135 Å². The van der Waals surface area contributed by atoms with Crippen LogP contribution in [0.4, 0.5) is 0 Å². The first kappa shape index (κ1) is 87.4. The van der Waals surface area contributed by atoms with Crippen molar-refractivity contribution < 1.29 is 261 Å². The van der Waals surface area contributed by atoms with Crippen molar-refractivity contribution in [2.24, 2.45) is 0 Å². The van der Waals surface area contributed by atoms with Crippen LogP contribution < -0.4 is 0 Å². The number of rotatable bonds is 36. The zero-order valence-corrected chi connectivity index (χ0v) is 55.3. The second-order valence-corrected chi connectivity index (χ2v) is 31.5. The molecule has 0 saturated carbocycles. The quantitative estimate of drug-likeness (QED) is 0.0259. The summed E-state index contributed by atoms with van der Waals surface area (Å²) in [5, 5.41) is 11.2. The molecule has 576 valence electrons. The third-order valence-electron chi connectivity index (χ3n) is 10.9. The van der Waals surface area contributed by atoms with Crippen molar-refractivity contribution in [1.82, 2.24) is 0 Å². The van der Waals surface area contributed by atoms with E-state index in [1.165, 1.54) is 0 Å². The summed E-state index contributed by atoms with van der Waals surface area (Å²) in [4.78, 5) is 0. The van der Waals surface area contributed by atoms with Crippen LogP contribution in [0.5, 0.6) is 0 Å². The monoisotopic (exact) mass is 1710 g/mol. The van der Waals surface area contributed by atoms with Gasteiger partial charge in [0.25, 0.3) is 0 Å². The van der Waals surface area contributed by atoms with Gasteiger partial charge in [0.15, 0.2) is 43.5 Å². The lowest BCUT2D eigenvalue weighted by Gasteiger charge is -2.50. The maximum Gasteiger partial charge on any atom is 0.397 e. The van der Waals surface area contributed by atoms with Gasteiger partial charge in [-0.15, -0.1) is 0 Å². The molecule has 4 saturated heterocycles. The minimum absolute atomic E-state index is 1.97. The lowest BCUT2D eigenvalue weighted by Crippen LogP contribution is -2.70. The molecule has 0 aliphatic carbocycles. The Bertz CT molecular complexity index is 4320. The second-order valence-electron chi connectivity index (χ2n) is 17.7. The lowest BCUT2D eigenvalue weighted by atomic mass is 9.95. The van der Waals surface area contributed by atoms with Crippen LogP contribution in [0.2, 0.25) is 0 Å². The molecule has 0 spiro atoms. The van der Waals surface area contributed by atoms with E-state index in [1.807, 2.05) is 0 Å². The summed E-state index contributed by atoms with van der Waals surface area (Å²) in [6, 6.07) is 0. The fourth-order valence-corrected chi connectivity index (χ4v) is 13.9. The van der Waals surface area contributed by atoms with E-state index in [0.29, 0.717) is 0 Å². The molecule has 60 nitrogen and oxygen atoms in total. The van der Waals surface area contributed by atoms with E-state index in [0.717, 1.165) is 0 Å². The molecule has 0 radical (unpaired) electrons. The highest BCUT2D eigenvalue weighted by molar-refractivity contribution is 7.83. The highest BCUT2D eigenvalue weighted by Crippen LogP contribution is 2.41. The van der Waals surface area contributed by atoms with Gasteiger partial charge in [0.2, 0.25) is 0 Å². The lowest BCUT2D eigenvalue weighted by molar-refractivity contribution is -0.382. The SMILES string of the molecule is O=S(=O)(O)OC[C@H]1O[C@H](O[C@@H]2[C@H](OS(=O)(=O)O)[C@@H](O[C@@H]3[C@@H](OS(=O)(=O)O)[C@H](OS(=O)(=O)O)[C@@H](COS(=O)(=O)O)O[C@H]3O)O[C@H](COS(=O)(=O)O)[C@H]2OS(=O)(=O)O)[C@@H](OS(=O)(=O)O)[C@@H](O[C@H]2O[C@H](COS(=O)(=O)O)[C@@H](OS(=O)(=O)O)[C@H](OS(=O)(=O)O)[C@@H]2OS(=O)(=O)O)[C@@H]1OS(=O)(=O)O. The summed E-state index contributed by atoms with van der Waals surface area (Å²) in [6.45, 7) is -8.94. The van der Waals surface area contributed by atoms with Crippen LogP contribution >= 0.6 is 0 Å². The van der Waals surface area contributed by atoms with E-state index in [4.69, 9.17) is 37.7 Å². The van der Waals surface area contributed by atoms with Gasteiger partial charge in [-0.3, -0.25) is 59.2 Å². The summed E-state index contributed by atoms with van der Waals surface area (Å²) < 4.78 is 535. The molecule has 0 aromatic carbocycles. The van der Waals surface area contributed by atoms with Crippen molar-refractivity contribution in [3.05, 3.63) is 0 Å². The summed E-state index contributed by atoms with van der Waals surface area (Å²) >= 11 is 0. The zero-order chi connectivity index (χ0) is 75.0. The molecule has 4 rings (SSSR count). The standard InChI is InChI=1S/C24H42O60S13/c25-21-17(15(80-93(50,51)52)11(78-91(44,45)46)5(69-21)1-65-85(26,27)28)75-23-19(83-96(59,60)61)14(10(77-90(41,42)43)7(71-23)3-67-87(32,33)34)73-22-18(82-95(56,57)58)13(9(76-89(38,39)40)6(70-22)2-66-86(29,30)31)74-24-20(84-97(62,63)64)16(81-94(53,54)55)12(79-92(47,48)49)8(72-24)4-68-88(35,36)37/h5-25H,1-4H2,(H,26,27,28)(H,29,30,31)(H,32,33,34)(H,35,36,37)(H,38,39,40)(H,41,42,43)(H,44,45,46)(H,47,48,49)(H,50,51,52)(H,53,54,55)(H,56,57,58)(H,59,60,61)(H,62,63,64)/t5-,6-,7-,8-,9-,10-,11-,12-,13+,14+,15+,16+,17-,18+,19+,20+,21-,22-,23-,24-/m1/s1. The highest BCUT2D eigenvalue weighted by Gasteiger charge is 2.63. The minimum Gasteiger partial charge on any atom is -0.366 e. The van der Waals surface area contributed by atoms with E-state index in [9.17, 15) is 169 Å². The summed E-state index contributed by atoms with van der Waals surface area (Å²) in [6.07, 6.45) is -72.8. The number of hydrogen-bond donors (Lipinski definition) is 14. The van der Waals surface area contributed by atoms with Crippen molar-refractivity contribution in [3.8, 4) is 0 Å². The highest BCUT2D eigenvalue weighted by atomic mass is 32.3. The molecule has 0 amide bonds. The zero-order valence-electron chi connectivity index (χ0n) is 44.7. The van der Waals surface area contributed by atoms with Crippen molar-refractivity contribution in [2.45, 2.75) is 123 Å². The van der Waals surface area contributed by atoms with Crippen LogP contribution in [0.15, 0.2) is 0 Å². The normalized spacial score (nSPS) is 33.1. The predicted octanol–water partition coefficient (Wildman–Crippen LogP) is -12.0. The average molecular weight is 1710 g/mol. The Morgan fingerprint density at radius 2 is 0.371 bits per heavy atom. The Morgan fingerprint density at radius 1 is 0.206 bits per heavy atom. The van der Waals surface area contributed by atoms with E-state index in [1.54, 1.807) is 0 Å². The van der Waals surface area contributed by atoms with Gasteiger partial charge in [0, 0.05) is 0 Å². The summed E-state index contributed by atoms with van der Waals surface area (Å²) in [5.41, 5.74) is 0. The molecule has 4 fully saturated rings. The van der Waals surface area contributed by atoms with Crippen molar-refractivity contribution in [2.75, 3.05) is 26.4 Å². The molecule has 0 aromatic rings. The number of hydrogen-bond acceptors (Lipinski definition) is 47. The topological polar surface area (TPSA) is 912 Å². The Labute approximate surface area is 542 Å². The Balaban J connectivity index is 2.25. The van der Waals surface area contributed by atoms with Crippen LogP contribution in [0.1, 0.15) is 0 Å². The van der Waals surface area contributed by atoms with Crippen LogP contribution in [0.25, 0.3) is 0 Å². The molecule has 4 aliphatic heterocycles. The molecule has 97 heavy (non-hydrogen) atoms. The molecule has 20 atom stereocenters.